The van der Waals surface area contributed by atoms with Crippen molar-refractivity contribution < 1.29 is 9.68 Å². The zero-order valence-electron chi connectivity index (χ0n) is 15.1. The first kappa shape index (κ1) is 19.8. The van der Waals surface area contributed by atoms with E-state index in [1.165, 1.54) is 6.07 Å². The van der Waals surface area contributed by atoms with E-state index in [2.05, 4.69) is 31.5 Å². The summed E-state index contributed by atoms with van der Waals surface area (Å²) in [5, 5.41) is 25.8. The van der Waals surface area contributed by atoms with Gasteiger partial charge in [0.15, 0.2) is 5.75 Å². The maximum absolute atomic E-state index is 10.2. The quantitative estimate of drug-likeness (QED) is 0.302. The average Bonchev–Trinajstić information content (AvgIpc) is 2.62. The van der Waals surface area contributed by atoms with Gasteiger partial charge in [0, 0.05) is 12.6 Å². The fourth-order valence-corrected chi connectivity index (χ4v) is 2.59. The molecule has 0 saturated heterocycles. The Bertz CT molecular complexity index is 842. The third-order valence-electron chi connectivity index (χ3n) is 3.77. The van der Waals surface area contributed by atoms with Gasteiger partial charge in [0.05, 0.1) is 29.7 Å². The Labute approximate surface area is 162 Å². The maximum Gasteiger partial charge on any atom is 0.355 e. The highest BCUT2D eigenvalue weighted by atomic mass is 79.9. The molecule has 0 spiro atoms. The van der Waals surface area contributed by atoms with E-state index in [1.54, 1.807) is 12.1 Å². The molecule has 2 rings (SSSR count). The van der Waals surface area contributed by atoms with E-state index in [0.29, 0.717) is 11.3 Å². The summed E-state index contributed by atoms with van der Waals surface area (Å²) >= 11 is 3.54. The van der Waals surface area contributed by atoms with Crippen LogP contribution in [0.3, 0.4) is 0 Å². The van der Waals surface area contributed by atoms with Crippen molar-refractivity contribution in [2.75, 3.05) is 44.9 Å². The minimum Gasteiger partial charge on any atom is -0.504 e. The number of nitriles is 1. The minimum absolute atomic E-state index is 0.0245. The smallest absolute Gasteiger partial charge is 0.355 e. The minimum atomic E-state index is 0.0245. The number of nitrogens with zero attached hydrogens (tertiary/aromatic N) is 3. The van der Waals surface area contributed by atoms with Crippen LogP contribution in [0.1, 0.15) is 5.56 Å². The first-order valence-corrected chi connectivity index (χ1v) is 8.94. The highest BCUT2D eigenvalue weighted by Crippen LogP contribution is 2.25. The van der Waals surface area contributed by atoms with Gasteiger partial charge in [-0.2, -0.15) is 5.26 Å². The molecule has 0 unspecified atom stereocenters. The van der Waals surface area contributed by atoms with Gasteiger partial charge in [0.1, 0.15) is 11.4 Å². The third kappa shape index (κ3) is 5.48. The summed E-state index contributed by atoms with van der Waals surface area (Å²) in [6.07, 6.45) is 0. The second kappa shape index (κ2) is 9.22. The second-order valence-electron chi connectivity index (χ2n) is 6.15. The van der Waals surface area contributed by atoms with Crippen LogP contribution in [0.5, 0.6) is 5.75 Å². The number of halogens is 1. The van der Waals surface area contributed by atoms with Gasteiger partial charge in [-0.1, -0.05) is 12.1 Å². The number of phenols is 1. The van der Waals surface area contributed by atoms with Crippen LogP contribution in [0.25, 0.3) is 0 Å². The van der Waals surface area contributed by atoms with E-state index in [9.17, 15) is 5.11 Å². The molecule has 0 radical (unpaired) electrons. The third-order valence-corrected chi connectivity index (χ3v) is 4.46. The summed E-state index contributed by atoms with van der Waals surface area (Å²) in [5.41, 5.74) is 1.84. The standard InChI is InChI=1S/C19H22BrN5O/c1-24(2)10-11-25(3)19(22-16-7-5-4-6-15(16)20)23-17-9-8-14(13-21)12-18(17)26/h4-9,12H,10-11H2,1-3H3,(H2,22,23,26)/p+1. The summed E-state index contributed by atoms with van der Waals surface area (Å²) in [7, 11) is 6.01. The molecule has 0 amide bonds. The van der Waals surface area contributed by atoms with Crippen LogP contribution in [0.2, 0.25) is 0 Å². The number of hydrogen-bond acceptors (Lipinski definition) is 3. The number of aromatic hydroxyl groups is 1. The van der Waals surface area contributed by atoms with Crippen LogP contribution >= 0.6 is 15.9 Å². The monoisotopic (exact) mass is 416 g/mol. The molecular weight excluding hydrogens is 394 g/mol. The zero-order chi connectivity index (χ0) is 19.1. The van der Waals surface area contributed by atoms with Gasteiger partial charge >= 0.3 is 5.96 Å². The Morgan fingerprint density at radius 3 is 2.50 bits per heavy atom. The Kier molecular flexibility index (Phi) is 7.01. The van der Waals surface area contributed by atoms with Gasteiger partial charge in [-0.15, -0.1) is 0 Å². The van der Waals surface area contributed by atoms with Gasteiger partial charge in [0.2, 0.25) is 0 Å². The lowest BCUT2D eigenvalue weighted by Gasteiger charge is -2.15. The molecule has 0 aliphatic rings. The molecule has 6 nitrogen and oxygen atoms in total. The van der Waals surface area contributed by atoms with E-state index in [1.807, 2.05) is 56.1 Å². The van der Waals surface area contributed by atoms with Crippen LogP contribution in [0.15, 0.2) is 46.9 Å². The molecule has 2 aromatic carbocycles. The number of hydrogen-bond donors (Lipinski definition) is 3. The van der Waals surface area contributed by atoms with Crippen LogP contribution in [-0.4, -0.2) is 54.8 Å². The number of anilines is 2. The number of likely N-dealkylation sites (N-methyl/N-ethyl adjacent to an activating group) is 2. The van der Waals surface area contributed by atoms with Crippen molar-refractivity contribution >= 4 is 33.3 Å². The summed E-state index contributed by atoms with van der Waals surface area (Å²) in [6.45, 7) is 1.66. The van der Waals surface area contributed by atoms with E-state index < -0.39 is 0 Å². The van der Waals surface area contributed by atoms with Crippen molar-refractivity contribution in [2.24, 2.45) is 0 Å². The number of rotatable bonds is 5. The van der Waals surface area contributed by atoms with Crippen LogP contribution in [0.4, 0.5) is 11.4 Å². The van der Waals surface area contributed by atoms with E-state index in [4.69, 9.17) is 5.26 Å². The fraction of sp³-hybridized carbons (Fsp3) is 0.263. The topological polar surface area (TPSA) is 74.3 Å². The molecule has 0 aliphatic carbocycles. The fourth-order valence-electron chi connectivity index (χ4n) is 2.21. The van der Waals surface area contributed by atoms with Gasteiger partial charge < -0.3 is 10.0 Å². The van der Waals surface area contributed by atoms with Crippen molar-refractivity contribution in [3.8, 4) is 11.8 Å². The SMILES string of the molecule is CN(C)CC[N+](C)=C(Nc1ccc(C#N)cc1O)Nc1ccccc1Br. The molecule has 2 aromatic rings. The van der Waals surface area contributed by atoms with E-state index in [-0.39, 0.29) is 5.75 Å². The molecule has 7 heteroatoms. The molecule has 0 aliphatic heterocycles. The van der Waals surface area contributed by atoms with Crippen molar-refractivity contribution in [3.05, 3.63) is 52.5 Å². The molecule has 0 fully saturated rings. The van der Waals surface area contributed by atoms with Gasteiger partial charge in [0.25, 0.3) is 0 Å². The molecular formula is C19H23BrN5O+. The van der Waals surface area contributed by atoms with Gasteiger partial charge in [-0.05, 0) is 54.3 Å². The summed E-state index contributed by atoms with van der Waals surface area (Å²) in [4.78, 5) is 2.10. The highest BCUT2D eigenvalue weighted by Gasteiger charge is 2.16. The molecule has 0 bridgehead atoms. The predicted octanol–water partition coefficient (Wildman–Crippen LogP) is 3.11. The lowest BCUT2D eigenvalue weighted by Crippen LogP contribution is -2.35. The number of guanidine groups is 1. The van der Waals surface area contributed by atoms with Crippen molar-refractivity contribution in [3.63, 3.8) is 0 Å². The Morgan fingerprint density at radius 2 is 1.88 bits per heavy atom. The van der Waals surface area contributed by atoms with Crippen LogP contribution < -0.4 is 10.6 Å². The second-order valence-corrected chi connectivity index (χ2v) is 7.00. The van der Waals surface area contributed by atoms with Crippen molar-refractivity contribution in [1.82, 2.24) is 4.90 Å². The molecule has 0 atom stereocenters. The normalized spacial score (nSPS) is 11.7. The highest BCUT2D eigenvalue weighted by molar-refractivity contribution is 9.10. The summed E-state index contributed by atoms with van der Waals surface area (Å²) in [6, 6.07) is 14.6. The number of para-hydroxylation sites is 1. The van der Waals surface area contributed by atoms with E-state index >= 15 is 0 Å². The zero-order valence-corrected chi connectivity index (χ0v) is 16.7. The molecule has 26 heavy (non-hydrogen) atoms. The molecule has 0 heterocycles. The summed E-state index contributed by atoms with van der Waals surface area (Å²) in [5.74, 6) is 0.746. The lowest BCUT2D eigenvalue weighted by atomic mass is 10.2. The molecule has 3 N–H and O–H groups in total. The first-order valence-electron chi connectivity index (χ1n) is 8.15. The van der Waals surface area contributed by atoms with Crippen LogP contribution in [0, 0.1) is 11.3 Å². The first-order chi connectivity index (χ1) is 12.4. The van der Waals surface area contributed by atoms with Crippen molar-refractivity contribution in [2.45, 2.75) is 0 Å². The molecule has 0 saturated carbocycles. The molecule has 136 valence electrons. The Morgan fingerprint density at radius 1 is 1.19 bits per heavy atom. The number of nitrogens with one attached hydrogen (secondary N) is 2. The largest absolute Gasteiger partial charge is 0.504 e. The van der Waals surface area contributed by atoms with E-state index in [0.717, 1.165) is 29.2 Å². The predicted molar refractivity (Wildman–Crippen MR) is 109 cm³/mol. The molecule has 0 aromatic heterocycles. The Hall–Kier alpha value is -2.56. The summed E-state index contributed by atoms with van der Waals surface area (Å²) < 4.78 is 2.97. The van der Waals surface area contributed by atoms with Gasteiger partial charge in [-0.3, -0.25) is 4.58 Å². The van der Waals surface area contributed by atoms with Crippen LogP contribution in [-0.2, 0) is 0 Å². The number of benzene rings is 2. The Balaban J connectivity index is 2.33. The number of phenolic OH excluding ortho intramolecular Hbond substituents is 1. The maximum atomic E-state index is 10.2. The van der Waals surface area contributed by atoms with Crippen molar-refractivity contribution in [1.29, 1.82) is 5.26 Å². The average molecular weight is 417 g/mol. The lowest BCUT2D eigenvalue weighted by molar-refractivity contribution is -0.497. The van der Waals surface area contributed by atoms with Gasteiger partial charge in [-0.25, -0.2) is 10.6 Å².